The van der Waals surface area contributed by atoms with Crippen LogP contribution in [0.3, 0.4) is 0 Å². The molecule has 0 saturated carbocycles. The maximum atomic E-state index is 13.2. The van der Waals surface area contributed by atoms with Crippen LogP contribution in [0.5, 0.6) is 0 Å². The van der Waals surface area contributed by atoms with Crippen molar-refractivity contribution in [3.05, 3.63) is 82.1 Å². The second-order valence-corrected chi connectivity index (χ2v) is 10.5. The summed E-state index contributed by atoms with van der Waals surface area (Å²) in [5.41, 5.74) is 2.96. The van der Waals surface area contributed by atoms with Gasteiger partial charge in [-0.2, -0.15) is 0 Å². The van der Waals surface area contributed by atoms with Crippen LogP contribution in [0.2, 0.25) is 5.15 Å². The van der Waals surface area contributed by atoms with Gasteiger partial charge in [-0.05, 0) is 37.5 Å². The second kappa shape index (κ2) is 10.8. The quantitative estimate of drug-likeness (QED) is 0.281. The molecule has 0 aliphatic heterocycles. The van der Waals surface area contributed by atoms with Crippen LogP contribution in [0.1, 0.15) is 46.5 Å². The Bertz CT molecular complexity index is 1540. The summed E-state index contributed by atoms with van der Waals surface area (Å²) in [6, 6.07) is 14.2. The molecule has 0 amide bonds. The number of carbonyl (C=O) groups is 1. The molecule has 4 rings (SSSR count). The van der Waals surface area contributed by atoms with Crippen molar-refractivity contribution in [2.45, 2.75) is 45.1 Å². The van der Waals surface area contributed by atoms with Gasteiger partial charge in [-0.3, -0.25) is 4.72 Å². The van der Waals surface area contributed by atoms with Crippen LogP contribution >= 0.6 is 11.6 Å². The Morgan fingerprint density at radius 1 is 1.14 bits per heavy atom. The summed E-state index contributed by atoms with van der Waals surface area (Å²) >= 11 is 6.25. The van der Waals surface area contributed by atoms with E-state index in [9.17, 15) is 13.2 Å². The number of nitrogens with one attached hydrogen (secondary N) is 1. The number of esters is 1. The summed E-state index contributed by atoms with van der Waals surface area (Å²) in [7, 11) is -2.64. The Morgan fingerprint density at radius 3 is 2.46 bits per heavy atom. The lowest BCUT2D eigenvalue weighted by atomic mass is 10.0. The number of aromatic nitrogens is 3. The molecule has 2 aromatic carbocycles. The third-order valence-corrected chi connectivity index (χ3v) is 7.69. The van der Waals surface area contributed by atoms with Gasteiger partial charge in [0, 0.05) is 24.1 Å². The van der Waals surface area contributed by atoms with Gasteiger partial charge in [0.25, 0.3) is 10.0 Å². The lowest BCUT2D eigenvalue weighted by molar-refractivity contribution is 0.0588. The van der Waals surface area contributed by atoms with Crippen molar-refractivity contribution in [2.24, 2.45) is 0 Å². The molecule has 0 atom stereocenters. The average molecular weight is 543 g/mol. The second-order valence-electron chi connectivity index (χ2n) is 8.51. The summed E-state index contributed by atoms with van der Waals surface area (Å²) in [5.74, 6) is 0.836. The number of sulfonamides is 1. The van der Waals surface area contributed by atoms with Crippen LogP contribution in [0, 0.1) is 13.8 Å². The summed E-state index contributed by atoms with van der Waals surface area (Å²) < 4.78 is 40.7. The largest absolute Gasteiger partial charge is 0.464 e. The van der Waals surface area contributed by atoms with E-state index in [1.54, 1.807) is 42.7 Å². The highest BCUT2D eigenvalue weighted by molar-refractivity contribution is 7.92. The van der Waals surface area contributed by atoms with Crippen LogP contribution in [0.25, 0.3) is 11.1 Å². The molecule has 1 N–H and O–H groups in total. The van der Waals surface area contributed by atoms with E-state index in [1.807, 2.05) is 31.2 Å². The van der Waals surface area contributed by atoms with Crippen molar-refractivity contribution in [3.8, 4) is 11.1 Å². The number of imidazole rings is 1. The van der Waals surface area contributed by atoms with E-state index in [0.29, 0.717) is 41.2 Å². The predicted octanol–water partition coefficient (Wildman–Crippen LogP) is 5.40. The van der Waals surface area contributed by atoms with Crippen molar-refractivity contribution in [1.29, 1.82) is 0 Å². The van der Waals surface area contributed by atoms with Gasteiger partial charge in [-0.15, -0.1) is 0 Å². The van der Waals surface area contributed by atoms with Gasteiger partial charge >= 0.3 is 5.97 Å². The zero-order valence-corrected chi connectivity index (χ0v) is 22.5. The highest BCUT2D eigenvalue weighted by Gasteiger charge is 2.24. The van der Waals surface area contributed by atoms with E-state index in [1.165, 1.54) is 7.11 Å². The van der Waals surface area contributed by atoms with Gasteiger partial charge in [0.15, 0.2) is 16.7 Å². The first-order valence-electron chi connectivity index (χ1n) is 11.6. The lowest BCUT2D eigenvalue weighted by Gasteiger charge is -2.13. The summed E-state index contributed by atoms with van der Waals surface area (Å²) in [5, 5.41) is 3.92. The molecular weight excluding hydrogens is 516 g/mol. The maximum Gasteiger partial charge on any atom is 0.357 e. The monoisotopic (exact) mass is 542 g/mol. The number of benzene rings is 2. The topological polar surface area (TPSA) is 116 Å². The minimum atomic E-state index is -3.94. The van der Waals surface area contributed by atoms with Gasteiger partial charge in [0.1, 0.15) is 11.6 Å². The lowest BCUT2D eigenvalue weighted by Crippen LogP contribution is -2.15. The van der Waals surface area contributed by atoms with E-state index in [2.05, 4.69) is 14.9 Å². The Kier molecular flexibility index (Phi) is 7.70. The van der Waals surface area contributed by atoms with Crippen molar-refractivity contribution in [2.75, 3.05) is 11.8 Å². The van der Waals surface area contributed by atoms with E-state index in [0.717, 1.165) is 12.0 Å². The number of nitrogens with zero attached hydrogens (tertiary/aromatic N) is 3. The first kappa shape index (κ1) is 26.4. The van der Waals surface area contributed by atoms with Gasteiger partial charge < -0.3 is 13.8 Å². The molecule has 4 aromatic rings. The molecule has 2 aromatic heterocycles. The smallest absolute Gasteiger partial charge is 0.357 e. The molecule has 0 aliphatic rings. The Balaban J connectivity index is 1.65. The molecule has 0 bridgehead atoms. The molecule has 0 aliphatic carbocycles. The van der Waals surface area contributed by atoms with Gasteiger partial charge in [0.2, 0.25) is 0 Å². The van der Waals surface area contributed by atoms with Gasteiger partial charge in [-0.25, -0.2) is 18.2 Å². The number of aryl methyl sites for hydroxylation is 2. The van der Waals surface area contributed by atoms with Crippen molar-refractivity contribution in [1.82, 2.24) is 14.7 Å². The number of hydrogen-bond acceptors (Lipinski definition) is 7. The third-order valence-electron chi connectivity index (χ3n) is 6.03. The van der Waals surface area contributed by atoms with E-state index in [-0.39, 0.29) is 21.6 Å². The molecule has 0 fully saturated rings. The van der Waals surface area contributed by atoms with Crippen LogP contribution in [0.4, 0.5) is 5.82 Å². The average Bonchev–Trinajstić information content (AvgIpc) is 3.36. The van der Waals surface area contributed by atoms with Crippen molar-refractivity contribution in [3.63, 3.8) is 0 Å². The molecular formula is C26H27ClN4O5S. The first-order chi connectivity index (χ1) is 17.7. The third kappa shape index (κ3) is 5.40. The molecule has 0 spiro atoms. The minimum absolute atomic E-state index is 0.107. The summed E-state index contributed by atoms with van der Waals surface area (Å²) in [6.45, 7) is 5.82. The molecule has 37 heavy (non-hydrogen) atoms. The fourth-order valence-electron chi connectivity index (χ4n) is 3.95. The van der Waals surface area contributed by atoms with E-state index in [4.69, 9.17) is 20.9 Å². The number of halogens is 1. The maximum absolute atomic E-state index is 13.2. The van der Waals surface area contributed by atoms with Crippen LogP contribution in [-0.4, -0.2) is 36.2 Å². The number of ether oxygens (including phenoxy) is 1. The van der Waals surface area contributed by atoms with Crippen molar-refractivity contribution >= 4 is 33.4 Å². The Morgan fingerprint density at radius 2 is 1.84 bits per heavy atom. The molecule has 11 heteroatoms. The molecule has 2 heterocycles. The fourth-order valence-corrected chi connectivity index (χ4v) is 5.51. The van der Waals surface area contributed by atoms with Crippen LogP contribution in [0.15, 0.2) is 57.9 Å². The van der Waals surface area contributed by atoms with Crippen LogP contribution in [-0.2, 0) is 27.7 Å². The summed E-state index contributed by atoms with van der Waals surface area (Å²) in [4.78, 5) is 16.8. The number of methoxy groups -OCH3 is 1. The van der Waals surface area contributed by atoms with E-state index >= 15 is 0 Å². The zero-order valence-electron chi connectivity index (χ0n) is 20.9. The fraction of sp³-hybridized carbons (Fsp3) is 0.269. The SMILES string of the molecule is CCCc1nc(Cl)c(C(=O)OC)n1Cc1ccc(-c2ccccc2S(=O)(=O)Nc2noc(C)c2C)cc1. The molecule has 0 unspecified atom stereocenters. The molecule has 194 valence electrons. The first-order valence-corrected chi connectivity index (χ1v) is 13.5. The number of anilines is 1. The zero-order chi connectivity index (χ0) is 26.7. The number of carbonyl (C=O) groups excluding carboxylic acids is 1. The number of rotatable bonds is 9. The predicted molar refractivity (Wildman–Crippen MR) is 140 cm³/mol. The molecule has 0 radical (unpaired) electrons. The normalized spacial score (nSPS) is 11.5. The van der Waals surface area contributed by atoms with Crippen molar-refractivity contribution < 1.29 is 22.5 Å². The number of hydrogen-bond donors (Lipinski definition) is 1. The van der Waals surface area contributed by atoms with Gasteiger partial charge in [0.05, 0.1) is 12.0 Å². The highest BCUT2D eigenvalue weighted by atomic mass is 35.5. The standard InChI is InChI=1S/C26H27ClN4O5S/c1-5-8-22-28-24(27)23(26(32)35-4)31(22)15-18-11-13-19(14-12-18)20-9-6-7-10-21(20)37(33,34)30-25-16(2)17(3)36-29-25/h6-7,9-14H,5,8,15H2,1-4H3,(H,29,30). The Hall–Kier alpha value is -3.63. The molecule has 9 nitrogen and oxygen atoms in total. The minimum Gasteiger partial charge on any atom is -0.464 e. The highest BCUT2D eigenvalue weighted by Crippen LogP contribution is 2.30. The van der Waals surface area contributed by atoms with E-state index < -0.39 is 16.0 Å². The Labute approximate surface area is 220 Å². The molecule has 0 saturated heterocycles. The van der Waals surface area contributed by atoms with Crippen LogP contribution < -0.4 is 4.72 Å². The summed E-state index contributed by atoms with van der Waals surface area (Å²) in [6.07, 6.45) is 1.48. The van der Waals surface area contributed by atoms with Gasteiger partial charge in [-0.1, -0.05) is 66.1 Å².